The number of carbonyl (C=O) groups is 1. The van der Waals surface area contributed by atoms with Crippen molar-refractivity contribution in [3.05, 3.63) is 95.4 Å². The highest BCUT2D eigenvalue weighted by Gasteiger charge is 2.35. The van der Waals surface area contributed by atoms with Gasteiger partial charge in [0.05, 0.1) is 18.3 Å². The molecule has 2 heterocycles. The summed E-state index contributed by atoms with van der Waals surface area (Å²) in [6.07, 6.45) is 7.51. The van der Waals surface area contributed by atoms with Gasteiger partial charge in [0, 0.05) is 28.6 Å². The van der Waals surface area contributed by atoms with Gasteiger partial charge in [-0.15, -0.1) is 6.42 Å². The number of terminal acetylenes is 1. The molecule has 33 heavy (non-hydrogen) atoms. The van der Waals surface area contributed by atoms with Crippen LogP contribution in [0.2, 0.25) is 0 Å². The van der Waals surface area contributed by atoms with Crippen LogP contribution in [-0.4, -0.2) is 21.9 Å². The molecule has 5 rings (SSSR count). The Morgan fingerprint density at radius 3 is 2.61 bits per heavy atom. The Hall–Kier alpha value is -3.84. The monoisotopic (exact) mass is 436 g/mol. The highest BCUT2D eigenvalue weighted by atomic mass is 19.1. The van der Waals surface area contributed by atoms with E-state index in [-0.39, 0.29) is 17.8 Å². The van der Waals surface area contributed by atoms with Gasteiger partial charge in [0.25, 0.3) is 5.91 Å². The first-order valence-electron chi connectivity index (χ1n) is 11.3. The summed E-state index contributed by atoms with van der Waals surface area (Å²) in [6, 6.07) is 23.1. The standard InChI is InChI=1S/C29H25FN2O/c1-3-17-31-25-13-8-7-12-23(25)27(21-10-5-4-6-11-21)28(31)26-14-9-18-32(26)29(33)22-16-15-20(2)24(30)19-22/h1,4-8,10-13,15-16,19,26H,9,14,17-18H2,2H3. The molecular formula is C29H25FN2O. The fourth-order valence-corrected chi connectivity index (χ4v) is 5.03. The van der Waals surface area contributed by atoms with Crippen LogP contribution in [0, 0.1) is 25.1 Å². The van der Waals surface area contributed by atoms with Gasteiger partial charge in [0.2, 0.25) is 0 Å². The lowest BCUT2D eigenvalue weighted by atomic mass is 9.97. The van der Waals surface area contributed by atoms with Crippen LogP contribution in [0.5, 0.6) is 0 Å². The van der Waals surface area contributed by atoms with E-state index in [2.05, 4.69) is 34.8 Å². The Labute approximate surface area is 193 Å². The second-order valence-corrected chi connectivity index (χ2v) is 8.55. The zero-order valence-corrected chi connectivity index (χ0v) is 18.6. The molecule has 1 atom stereocenters. The van der Waals surface area contributed by atoms with Crippen molar-refractivity contribution in [3.8, 4) is 23.5 Å². The van der Waals surface area contributed by atoms with E-state index in [4.69, 9.17) is 6.42 Å². The van der Waals surface area contributed by atoms with Crippen LogP contribution in [0.1, 0.15) is 40.5 Å². The number of hydrogen-bond donors (Lipinski definition) is 0. The molecule has 1 aliphatic rings. The number of benzene rings is 3. The average molecular weight is 437 g/mol. The minimum Gasteiger partial charge on any atom is -0.330 e. The molecule has 1 unspecified atom stereocenters. The zero-order chi connectivity index (χ0) is 22.9. The predicted octanol–water partition coefficient (Wildman–Crippen LogP) is 6.37. The summed E-state index contributed by atoms with van der Waals surface area (Å²) in [5.41, 5.74) is 5.24. The third-order valence-electron chi connectivity index (χ3n) is 6.57. The van der Waals surface area contributed by atoms with Crippen molar-refractivity contribution in [3.63, 3.8) is 0 Å². The molecule has 164 valence electrons. The number of nitrogens with zero attached hydrogens (tertiary/aromatic N) is 2. The molecule has 1 amide bonds. The normalized spacial score (nSPS) is 15.7. The van der Waals surface area contributed by atoms with Gasteiger partial charge >= 0.3 is 0 Å². The van der Waals surface area contributed by atoms with E-state index in [0.29, 0.717) is 24.2 Å². The number of aromatic nitrogens is 1. The van der Waals surface area contributed by atoms with Crippen LogP contribution < -0.4 is 0 Å². The van der Waals surface area contributed by atoms with E-state index >= 15 is 0 Å². The molecule has 0 spiro atoms. The number of para-hydroxylation sites is 1. The molecule has 4 heteroatoms. The van der Waals surface area contributed by atoms with Crippen LogP contribution in [0.3, 0.4) is 0 Å². The average Bonchev–Trinajstić information content (AvgIpc) is 3.44. The quantitative estimate of drug-likeness (QED) is 0.342. The summed E-state index contributed by atoms with van der Waals surface area (Å²) < 4.78 is 16.4. The fourth-order valence-electron chi connectivity index (χ4n) is 5.03. The number of hydrogen-bond acceptors (Lipinski definition) is 1. The smallest absolute Gasteiger partial charge is 0.254 e. The van der Waals surface area contributed by atoms with Crippen LogP contribution >= 0.6 is 0 Å². The van der Waals surface area contributed by atoms with Gasteiger partial charge in [-0.25, -0.2) is 4.39 Å². The summed E-state index contributed by atoms with van der Waals surface area (Å²) in [4.78, 5) is 15.4. The molecule has 1 fully saturated rings. The van der Waals surface area contributed by atoms with E-state index in [1.807, 2.05) is 35.2 Å². The van der Waals surface area contributed by atoms with Gasteiger partial charge in [-0.1, -0.05) is 60.5 Å². The maximum Gasteiger partial charge on any atom is 0.254 e. The number of fused-ring (bicyclic) bond motifs is 1. The first-order valence-corrected chi connectivity index (χ1v) is 11.3. The maximum absolute atomic E-state index is 14.2. The van der Waals surface area contributed by atoms with Gasteiger partial charge in [-0.3, -0.25) is 4.79 Å². The van der Waals surface area contributed by atoms with Crippen molar-refractivity contribution >= 4 is 16.8 Å². The fraction of sp³-hybridized carbons (Fsp3) is 0.207. The summed E-state index contributed by atoms with van der Waals surface area (Å²) in [5.74, 6) is 2.30. The van der Waals surface area contributed by atoms with E-state index in [0.717, 1.165) is 40.6 Å². The van der Waals surface area contributed by atoms with Crippen molar-refractivity contribution in [1.29, 1.82) is 0 Å². The maximum atomic E-state index is 14.2. The van der Waals surface area contributed by atoms with Gasteiger partial charge in [0.1, 0.15) is 5.82 Å². The Morgan fingerprint density at radius 2 is 1.85 bits per heavy atom. The largest absolute Gasteiger partial charge is 0.330 e. The van der Waals surface area contributed by atoms with Gasteiger partial charge < -0.3 is 9.47 Å². The summed E-state index contributed by atoms with van der Waals surface area (Å²) in [6.45, 7) is 2.75. The molecule has 0 N–H and O–H groups in total. The Balaban J connectivity index is 1.70. The number of carbonyl (C=O) groups excluding carboxylic acids is 1. The van der Waals surface area contributed by atoms with E-state index < -0.39 is 0 Å². The number of aryl methyl sites for hydroxylation is 1. The molecule has 3 nitrogen and oxygen atoms in total. The second-order valence-electron chi connectivity index (χ2n) is 8.55. The van der Waals surface area contributed by atoms with E-state index in [1.165, 1.54) is 6.07 Å². The van der Waals surface area contributed by atoms with E-state index in [9.17, 15) is 9.18 Å². The molecule has 1 saturated heterocycles. The number of amides is 1. The van der Waals surface area contributed by atoms with Crippen LogP contribution in [0.4, 0.5) is 4.39 Å². The lowest BCUT2D eigenvalue weighted by Crippen LogP contribution is -2.32. The van der Waals surface area contributed by atoms with Gasteiger partial charge in [0.15, 0.2) is 0 Å². The van der Waals surface area contributed by atoms with Crippen molar-refractivity contribution in [2.45, 2.75) is 32.4 Å². The lowest BCUT2D eigenvalue weighted by Gasteiger charge is -2.27. The molecule has 0 radical (unpaired) electrons. The van der Waals surface area contributed by atoms with Crippen molar-refractivity contribution in [2.24, 2.45) is 0 Å². The van der Waals surface area contributed by atoms with Gasteiger partial charge in [-0.05, 0) is 49.1 Å². The molecule has 0 aliphatic carbocycles. The van der Waals surface area contributed by atoms with Crippen molar-refractivity contribution < 1.29 is 9.18 Å². The minimum atomic E-state index is -0.358. The number of rotatable bonds is 4. The molecule has 0 bridgehead atoms. The Kier molecular flexibility index (Phi) is 5.48. The first kappa shape index (κ1) is 21.0. The molecular weight excluding hydrogens is 411 g/mol. The van der Waals surface area contributed by atoms with Crippen LogP contribution in [0.15, 0.2) is 72.8 Å². The topological polar surface area (TPSA) is 25.2 Å². The summed E-state index contributed by atoms with van der Waals surface area (Å²) >= 11 is 0. The van der Waals surface area contributed by atoms with Crippen molar-refractivity contribution in [1.82, 2.24) is 9.47 Å². The van der Waals surface area contributed by atoms with Gasteiger partial charge in [-0.2, -0.15) is 0 Å². The third-order valence-corrected chi connectivity index (χ3v) is 6.57. The summed E-state index contributed by atoms with van der Waals surface area (Å²) in [7, 11) is 0. The third kappa shape index (κ3) is 3.60. The Bertz CT molecular complexity index is 1380. The van der Waals surface area contributed by atoms with Crippen LogP contribution in [-0.2, 0) is 6.54 Å². The Morgan fingerprint density at radius 1 is 1.09 bits per heavy atom. The molecule has 1 aliphatic heterocycles. The van der Waals surface area contributed by atoms with E-state index in [1.54, 1.807) is 19.1 Å². The molecule has 1 aromatic heterocycles. The predicted molar refractivity (Wildman–Crippen MR) is 130 cm³/mol. The molecule has 0 saturated carbocycles. The first-order chi connectivity index (χ1) is 16.1. The molecule has 4 aromatic rings. The summed E-state index contributed by atoms with van der Waals surface area (Å²) in [5, 5.41) is 1.12. The second kappa shape index (κ2) is 8.60. The lowest BCUT2D eigenvalue weighted by molar-refractivity contribution is 0.0731. The minimum absolute atomic E-state index is 0.141. The highest BCUT2D eigenvalue weighted by molar-refractivity contribution is 5.99. The van der Waals surface area contributed by atoms with Crippen LogP contribution in [0.25, 0.3) is 22.0 Å². The SMILES string of the molecule is C#CCn1c(C2CCCN2C(=O)c2ccc(C)c(F)c2)c(-c2ccccc2)c2ccccc21. The highest BCUT2D eigenvalue weighted by Crippen LogP contribution is 2.44. The zero-order valence-electron chi connectivity index (χ0n) is 18.6. The number of likely N-dealkylation sites (tertiary alicyclic amines) is 1. The van der Waals surface area contributed by atoms with Crippen molar-refractivity contribution in [2.75, 3.05) is 6.54 Å². The number of halogens is 1. The molecule has 3 aromatic carbocycles.